The topological polar surface area (TPSA) is 76.8 Å². The number of ether oxygens (including phenoxy) is 2. The molecule has 0 unspecified atom stereocenters. The molecule has 1 saturated heterocycles. The maximum atomic E-state index is 12.6. The van der Waals surface area contributed by atoms with Crippen LogP contribution < -0.4 is 19.7 Å². The number of amides is 1. The Bertz CT molecular complexity index is 976. The summed E-state index contributed by atoms with van der Waals surface area (Å²) >= 11 is 0. The summed E-state index contributed by atoms with van der Waals surface area (Å²) < 4.78 is 16.4. The van der Waals surface area contributed by atoms with Gasteiger partial charge in [-0.25, -0.2) is 0 Å². The predicted molar refractivity (Wildman–Crippen MR) is 115 cm³/mol. The van der Waals surface area contributed by atoms with Crippen molar-refractivity contribution in [1.82, 2.24) is 10.3 Å². The van der Waals surface area contributed by atoms with Crippen LogP contribution >= 0.6 is 0 Å². The highest BCUT2D eigenvalue weighted by Gasteiger charge is 2.27. The number of piperidine rings is 1. The van der Waals surface area contributed by atoms with Crippen LogP contribution in [0.15, 0.2) is 46.9 Å². The second kappa shape index (κ2) is 9.07. The minimum absolute atomic E-state index is 0.0241. The molecule has 0 saturated carbocycles. The van der Waals surface area contributed by atoms with Crippen LogP contribution in [0.1, 0.15) is 18.4 Å². The summed E-state index contributed by atoms with van der Waals surface area (Å²) in [5.41, 5.74) is 2.75. The van der Waals surface area contributed by atoms with E-state index in [9.17, 15) is 4.79 Å². The molecule has 0 spiro atoms. The summed E-state index contributed by atoms with van der Waals surface area (Å²) in [5.74, 6) is 1.55. The van der Waals surface area contributed by atoms with Crippen molar-refractivity contribution in [1.29, 1.82) is 0 Å². The number of hydrogen-bond acceptors (Lipinski definition) is 6. The number of rotatable bonds is 7. The van der Waals surface area contributed by atoms with Crippen molar-refractivity contribution < 1.29 is 18.7 Å². The molecule has 158 valence electrons. The van der Waals surface area contributed by atoms with Crippen molar-refractivity contribution >= 4 is 23.0 Å². The van der Waals surface area contributed by atoms with Crippen LogP contribution in [0.2, 0.25) is 0 Å². The standard InChI is InChI=1S/C23H27N3O4/c1-28-20-8-7-16(15-21(20)29-2)9-12-24-22(27)17-10-13-26(14-11-17)23-25-18-5-3-4-6-19(18)30-23/h3-8,15,17H,9-14H2,1-2H3,(H,24,27). The summed E-state index contributed by atoms with van der Waals surface area (Å²) in [5, 5.41) is 3.07. The van der Waals surface area contributed by atoms with Gasteiger partial charge in [0.25, 0.3) is 6.01 Å². The number of fused-ring (bicyclic) bond motifs is 1. The largest absolute Gasteiger partial charge is 0.493 e. The predicted octanol–water partition coefficient (Wildman–Crippen LogP) is 3.42. The minimum Gasteiger partial charge on any atom is -0.493 e. The fourth-order valence-electron chi connectivity index (χ4n) is 3.84. The number of nitrogens with one attached hydrogen (secondary N) is 1. The third-order valence-electron chi connectivity index (χ3n) is 5.58. The van der Waals surface area contributed by atoms with Gasteiger partial charge < -0.3 is 24.1 Å². The van der Waals surface area contributed by atoms with Crippen LogP contribution in [0.25, 0.3) is 11.1 Å². The Morgan fingerprint density at radius 3 is 2.63 bits per heavy atom. The Morgan fingerprint density at radius 2 is 1.90 bits per heavy atom. The molecule has 1 aliphatic rings. The number of anilines is 1. The number of para-hydroxylation sites is 2. The molecule has 7 heteroatoms. The number of methoxy groups -OCH3 is 2. The van der Waals surface area contributed by atoms with Crippen LogP contribution in [-0.4, -0.2) is 44.7 Å². The lowest BCUT2D eigenvalue weighted by Crippen LogP contribution is -2.41. The lowest BCUT2D eigenvalue weighted by Gasteiger charge is -2.30. The Morgan fingerprint density at radius 1 is 1.13 bits per heavy atom. The molecule has 1 aliphatic heterocycles. The molecule has 30 heavy (non-hydrogen) atoms. The number of carbonyl (C=O) groups excluding carboxylic acids is 1. The molecule has 1 aromatic heterocycles. The number of nitrogens with zero attached hydrogens (tertiary/aromatic N) is 2. The Kier molecular flexibility index (Phi) is 6.07. The van der Waals surface area contributed by atoms with Gasteiger partial charge in [-0.05, 0) is 49.1 Å². The van der Waals surface area contributed by atoms with Gasteiger partial charge in [0.1, 0.15) is 5.52 Å². The summed E-state index contributed by atoms with van der Waals surface area (Å²) in [6, 6.07) is 14.2. The minimum atomic E-state index is 0.0241. The lowest BCUT2D eigenvalue weighted by atomic mass is 9.96. The molecule has 0 radical (unpaired) electrons. The number of benzene rings is 2. The Hall–Kier alpha value is -3.22. The summed E-state index contributed by atoms with van der Waals surface area (Å²) in [7, 11) is 3.24. The zero-order valence-corrected chi connectivity index (χ0v) is 17.4. The quantitative estimate of drug-likeness (QED) is 0.644. The Labute approximate surface area is 176 Å². The molecule has 1 N–H and O–H groups in total. The van der Waals surface area contributed by atoms with Crippen LogP contribution in [-0.2, 0) is 11.2 Å². The second-order valence-electron chi connectivity index (χ2n) is 7.46. The van der Waals surface area contributed by atoms with Gasteiger partial charge in [-0.3, -0.25) is 4.79 Å². The average Bonchev–Trinajstić information content (AvgIpc) is 3.23. The molecule has 1 amide bonds. The van der Waals surface area contributed by atoms with Crippen LogP contribution in [0.3, 0.4) is 0 Å². The molecule has 0 aliphatic carbocycles. The Balaban J connectivity index is 1.25. The van der Waals surface area contributed by atoms with E-state index in [-0.39, 0.29) is 11.8 Å². The van der Waals surface area contributed by atoms with Crippen molar-refractivity contribution in [2.45, 2.75) is 19.3 Å². The van der Waals surface area contributed by atoms with Gasteiger partial charge in [-0.2, -0.15) is 4.98 Å². The third kappa shape index (κ3) is 4.35. The maximum Gasteiger partial charge on any atom is 0.298 e. The van der Waals surface area contributed by atoms with Crippen molar-refractivity contribution in [3.8, 4) is 11.5 Å². The molecule has 7 nitrogen and oxygen atoms in total. The van der Waals surface area contributed by atoms with Gasteiger partial charge >= 0.3 is 0 Å². The summed E-state index contributed by atoms with van der Waals surface area (Å²) in [6.45, 7) is 2.13. The number of aromatic nitrogens is 1. The maximum absolute atomic E-state index is 12.6. The zero-order chi connectivity index (χ0) is 20.9. The van der Waals surface area contributed by atoms with E-state index in [0.717, 1.165) is 49.0 Å². The normalized spacial score (nSPS) is 14.7. The first kappa shape index (κ1) is 20.1. The van der Waals surface area contributed by atoms with E-state index in [0.29, 0.717) is 24.1 Å². The second-order valence-corrected chi connectivity index (χ2v) is 7.46. The van der Waals surface area contributed by atoms with Crippen molar-refractivity contribution in [3.05, 3.63) is 48.0 Å². The average molecular weight is 409 g/mol. The van der Waals surface area contributed by atoms with Gasteiger partial charge in [-0.1, -0.05) is 18.2 Å². The van der Waals surface area contributed by atoms with E-state index in [2.05, 4.69) is 15.2 Å². The molecule has 4 rings (SSSR count). The van der Waals surface area contributed by atoms with Crippen LogP contribution in [0.5, 0.6) is 11.5 Å². The fourth-order valence-corrected chi connectivity index (χ4v) is 3.84. The molecule has 0 atom stereocenters. The SMILES string of the molecule is COc1ccc(CCNC(=O)C2CCN(c3nc4ccccc4o3)CC2)cc1OC. The highest BCUT2D eigenvalue weighted by atomic mass is 16.5. The number of hydrogen-bond donors (Lipinski definition) is 1. The van der Waals surface area contributed by atoms with Gasteiger partial charge in [-0.15, -0.1) is 0 Å². The van der Waals surface area contributed by atoms with Gasteiger partial charge in [0, 0.05) is 25.6 Å². The van der Waals surface area contributed by atoms with E-state index >= 15 is 0 Å². The molecular formula is C23H27N3O4. The van der Waals surface area contributed by atoms with Crippen LogP contribution in [0, 0.1) is 5.92 Å². The first-order chi connectivity index (χ1) is 14.7. The van der Waals surface area contributed by atoms with Crippen LogP contribution in [0.4, 0.5) is 6.01 Å². The molecule has 0 bridgehead atoms. The van der Waals surface area contributed by atoms with E-state index in [1.807, 2.05) is 42.5 Å². The van der Waals surface area contributed by atoms with Gasteiger partial charge in [0.2, 0.25) is 5.91 Å². The molecule has 1 fully saturated rings. The number of carbonyl (C=O) groups is 1. The molecule has 2 aromatic carbocycles. The smallest absolute Gasteiger partial charge is 0.298 e. The first-order valence-corrected chi connectivity index (χ1v) is 10.3. The fraction of sp³-hybridized carbons (Fsp3) is 0.391. The van der Waals surface area contributed by atoms with Crippen molar-refractivity contribution in [2.75, 3.05) is 38.8 Å². The lowest BCUT2D eigenvalue weighted by molar-refractivity contribution is -0.125. The van der Waals surface area contributed by atoms with Crippen molar-refractivity contribution in [3.63, 3.8) is 0 Å². The molecule has 3 aromatic rings. The molecular weight excluding hydrogens is 382 g/mol. The summed E-state index contributed by atoms with van der Waals surface area (Å²) in [4.78, 5) is 19.3. The highest BCUT2D eigenvalue weighted by Crippen LogP contribution is 2.28. The zero-order valence-electron chi connectivity index (χ0n) is 17.4. The number of oxazole rings is 1. The van der Waals surface area contributed by atoms with E-state index < -0.39 is 0 Å². The van der Waals surface area contributed by atoms with E-state index in [1.165, 1.54) is 0 Å². The monoisotopic (exact) mass is 409 g/mol. The van der Waals surface area contributed by atoms with Gasteiger partial charge in [0.05, 0.1) is 14.2 Å². The van der Waals surface area contributed by atoms with Gasteiger partial charge in [0.15, 0.2) is 17.1 Å². The summed E-state index contributed by atoms with van der Waals surface area (Å²) in [6.07, 6.45) is 2.33. The van der Waals surface area contributed by atoms with Crippen molar-refractivity contribution in [2.24, 2.45) is 5.92 Å². The molecule has 2 heterocycles. The van der Waals surface area contributed by atoms with E-state index in [4.69, 9.17) is 13.9 Å². The van der Waals surface area contributed by atoms with E-state index in [1.54, 1.807) is 14.2 Å². The third-order valence-corrected chi connectivity index (χ3v) is 5.58. The highest BCUT2D eigenvalue weighted by molar-refractivity contribution is 5.79. The first-order valence-electron chi connectivity index (χ1n) is 10.3.